The third-order valence-electron chi connectivity index (χ3n) is 2.39. The molecule has 17 heavy (non-hydrogen) atoms. The molecule has 3 aromatic rings. The van der Waals surface area contributed by atoms with Crippen molar-refractivity contribution in [2.45, 2.75) is 6.92 Å². The van der Waals surface area contributed by atoms with Gasteiger partial charge in [-0.1, -0.05) is 17.4 Å². The number of hydrogen-bond acceptors (Lipinski definition) is 5. The van der Waals surface area contributed by atoms with Crippen molar-refractivity contribution in [1.82, 2.24) is 19.8 Å². The van der Waals surface area contributed by atoms with E-state index in [1.165, 1.54) is 11.3 Å². The number of fused-ring (bicyclic) bond motifs is 1. The van der Waals surface area contributed by atoms with Crippen LogP contribution in [-0.2, 0) is 0 Å². The molecule has 0 unspecified atom stereocenters. The maximum Gasteiger partial charge on any atom is 0.234 e. The zero-order valence-electron chi connectivity index (χ0n) is 8.88. The molecule has 2 N–H and O–H groups in total. The van der Waals surface area contributed by atoms with Gasteiger partial charge in [-0.25, -0.2) is 0 Å². The quantitative estimate of drug-likeness (QED) is 0.701. The van der Waals surface area contributed by atoms with E-state index in [0.717, 1.165) is 25.8 Å². The van der Waals surface area contributed by atoms with Crippen molar-refractivity contribution in [1.29, 1.82) is 0 Å². The third-order valence-corrected chi connectivity index (χ3v) is 4.06. The summed E-state index contributed by atoms with van der Waals surface area (Å²) in [6.07, 6.45) is 0. The Hall–Kier alpha value is -1.47. The molecule has 0 amide bonds. The summed E-state index contributed by atoms with van der Waals surface area (Å²) in [4.78, 5) is 0.791. The highest BCUT2D eigenvalue weighted by molar-refractivity contribution is 9.10. The molecule has 2 heterocycles. The maximum absolute atomic E-state index is 5.85. The Morgan fingerprint density at radius 1 is 1.35 bits per heavy atom. The number of rotatable bonds is 1. The van der Waals surface area contributed by atoms with Crippen LogP contribution in [0.4, 0.5) is 5.69 Å². The molecule has 7 heteroatoms. The Balaban J connectivity index is 2.16. The third kappa shape index (κ3) is 1.71. The summed E-state index contributed by atoms with van der Waals surface area (Å²) in [6.45, 7) is 1.87. The molecule has 0 aliphatic carbocycles. The van der Waals surface area contributed by atoms with Gasteiger partial charge in [0.25, 0.3) is 0 Å². The van der Waals surface area contributed by atoms with Crippen LogP contribution in [0.1, 0.15) is 5.82 Å². The highest BCUT2D eigenvalue weighted by Gasteiger charge is 2.10. The zero-order chi connectivity index (χ0) is 12.0. The van der Waals surface area contributed by atoms with Gasteiger partial charge in [0.1, 0.15) is 5.01 Å². The van der Waals surface area contributed by atoms with E-state index in [9.17, 15) is 0 Å². The number of benzene rings is 1. The number of anilines is 1. The van der Waals surface area contributed by atoms with Gasteiger partial charge in [0.15, 0.2) is 5.82 Å². The fourth-order valence-electron chi connectivity index (χ4n) is 1.51. The predicted octanol–water partition coefficient (Wildman–Crippen LogP) is 2.51. The molecule has 0 fully saturated rings. The normalized spacial score (nSPS) is 11.2. The van der Waals surface area contributed by atoms with Crippen molar-refractivity contribution < 1.29 is 0 Å². The van der Waals surface area contributed by atoms with Crippen LogP contribution in [0.3, 0.4) is 0 Å². The first-order valence-electron chi connectivity index (χ1n) is 4.89. The summed E-state index contributed by atoms with van der Waals surface area (Å²) < 4.78 is 2.62. The van der Waals surface area contributed by atoms with Gasteiger partial charge in [-0.05, 0) is 35.0 Å². The van der Waals surface area contributed by atoms with Crippen molar-refractivity contribution in [2.75, 3.05) is 5.73 Å². The van der Waals surface area contributed by atoms with Crippen LogP contribution >= 0.6 is 27.3 Å². The second-order valence-electron chi connectivity index (χ2n) is 3.59. The number of aryl methyl sites for hydroxylation is 1. The van der Waals surface area contributed by atoms with Crippen LogP contribution in [0, 0.1) is 6.92 Å². The van der Waals surface area contributed by atoms with Crippen LogP contribution < -0.4 is 5.73 Å². The van der Waals surface area contributed by atoms with Crippen LogP contribution in [0.25, 0.3) is 15.5 Å². The molecule has 0 saturated carbocycles. The molecule has 0 saturated heterocycles. The lowest BCUT2D eigenvalue weighted by Crippen LogP contribution is -1.90. The fourth-order valence-corrected chi connectivity index (χ4v) is 2.64. The molecular formula is C10H8BrN5S. The Labute approximate surface area is 109 Å². The van der Waals surface area contributed by atoms with Gasteiger partial charge < -0.3 is 5.73 Å². The second kappa shape index (κ2) is 3.78. The molecule has 0 radical (unpaired) electrons. The first-order chi connectivity index (χ1) is 8.15. The second-order valence-corrected chi connectivity index (χ2v) is 5.40. The topological polar surface area (TPSA) is 69.1 Å². The van der Waals surface area contributed by atoms with Gasteiger partial charge >= 0.3 is 0 Å². The number of halogens is 1. The average Bonchev–Trinajstić information content (AvgIpc) is 2.86. The highest BCUT2D eigenvalue weighted by atomic mass is 79.9. The Morgan fingerprint density at radius 2 is 2.18 bits per heavy atom. The lowest BCUT2D eigenvalue weighted by atomic mass is 10.2. The number of nitrogen functional groups attached to an aromatic ring is 1. The van der Waals surface area contributed by atoms with Crippen LogP contribution in [-0.4, -0.2) is 19.8 Å². The molecule has 5 nitrogen and oxygen atoms in total. The van der Waals surface area contributed by atoms with Crippen molar-refractivity contribution in [3.05, 3.63) is 28.5 Å². The number of nitrogens with two attached hydrogens (primary N) is 1. The highest BCUT2D eigenvalue weighted by Crippen LogP contribution is 2.29. The molecule has 0 aliphatic rings. The number of nitrogens with zero attached hydrogens (tertiary/aromatic N) is 4. The van der Waals surface area contributed by atoms with E-state index in [1.54, 1.807) is 4.52 Å². The molecule has 3 rings (SSSR count). The SMILES string of the molecule is Cc1nnc2sc(-c3ccc(Br)c(N)c3)nn12. The zero-order valence-corrected chi connectivity index (χ0v) is 11.3. The molecule has 0 atom stereocenters. The van der Waals surface area contributed by atoms with E-state index in [1.807, 2.05) is 25.1 Å². The summed E-state index contributed by atoms with van der Waals surface area (Å²) in [5.74, 6) is 0.785. The number of aromatic nitrogens is 4. The van der Waals surface area contributed by atoms with E-state index < -0.39 is 0 Å². The minimum absolute atomic E-state index is 0.699. The van der Waals surface area contributed by atoms with Crippen molar-refractivity contribution in [2.24, 2.45) is 0 Å². The first-order valence-corrected chi connectivity index (χ1v) is 6.50. The van der Waals surface area contributed by atoms with Gasteiger partial charge in [0, 0.05) is 15.7 Å². The standard InChI is InChI=1S/C10H8BrN5S/c1-5-13-14-10-16(5)15-9(17-10)6-2-3-7(11)8(12)4-6/h2-4H,12H2,1H3. The van der Waals surface area contributed by atoms with E-state index in [2.05, 4.69) is 31.2 Å². The lowest BCUT2D eigenvalue weighted by molar-refractivity contribution is 0.898. The Bertz CT molecular complexity index is 702. The number of hydrogen-bond donors (Lipinski definition) is 1. The smallest absolute Gasteiger partial charge is 0.234 e. The fraction of sp³-hybridized carbons (Fsp3) is 0.100. The monoisotopic (exact) mass is 309 g/mol. The predicted molar refractivity (Wildman–Crippen MR) is 70.9 cm³/mol. The van der Waals surface area contributed by atoms with Crippen molar-refractivity contribution in [3.8, 4) is 10.6 Å². The van der Waals surface area contributed by atoms with Gasteiger partial charge in [0.05, 0.1) is 0 Å². The van der Waals surface area contributed by atoms with Crippen molar-refractivity contribution in [3.63, 3.8) is 0 Å². The van der Waals surface area contributed by atoms with E-state index in [-0.39, 0.29) is 0 Å². The molecule has 86 valence electrons. The van der Waals surface area contributed by atoms with Gasteiger partial charge in [-0.2, -0.15) is 9.61 Å². The van der Waals surface area contributed by atoms with E-state index >= 15 is 0 Å². The summed E-state index contributed by atoms with van der Waals surface area (Å²) in [6, 6.07) is 5.78. The average molecular weight is 310 g/mol. The lowest BCUT2D eigenvalue weighted by Gasteiger charge is -2.00. The van der Waals surface area contributed by atoms with Crippen LogP contribution in [0.2, 0.25) is 0 Å². The molecule has 2 aromatic heterocycles. The minimum atomic E-state index is 0.699. The molecule has 0 bridgehead atoms. The van der Waals surface area contributed by atoms with Gasteiger partial charge in [0.2, 0.25) is 4.96 Å². The molecule has 0 aliphatic heterocycles. The summed E-state index contributed by atoms with van der Waals surface area (Å²) in [5, 5.41) is 13.3. The van der Waals surface area contributed by atoms with E-state index in [0.29, 0.717) is 5.69 Å². The van der Waals surface area contributed by atoms with Gasteiger partial charge in [-0.15, -0.1) is 10.2 Å². The molecule has 0 spiro atoms. The molecular weight excluding hydrogens is 302 g/mol. The first kappa shape index (κ1) is 10.7. The van der Waals surface area contributed by atoms with Gasteiger partial charge in [-0.3, -0.25) is 0 Å². The van der Waals surface area contributed by atoms with E-state index in [4.69, 9.17) is 5.73 Å². The summed E-state index contributed by atoms with van der Waals surface area (Å²) >= 11 is 4.86. The maximum atomic E-state index is 5.85. The largest absolute Gasteiger partial charge is 0.398 e. The summed E-state index contributed by atoms with van der Waals surface area (Å²) in [5.41, 5.74) is 7.54. The summed E-state index contributed by atoms with van der Waals surface area (Å²) in [7, 11) is 0. The minimum Gasteiger partial charge on any atom is -0.398 e. The Kier molecular flexibility index (Phi) is 2.37. The Morgan fingerprint density at radius 3 is 2.88 bits per heavy atom. The van der Waals surface area contributed by atoms with Crippen molar-refractivity contribution >= 4 is 37.9 Å². The van der Waals surface area contributed by atoms with Crippen LogP contribution in [0.15, 0.2) is 22.7 Å². The molecule has 1 aromatic carbocycles. The van der Waals surface area contributed by atoms with Crippen LogP contribution in [0.5, 0.6) is 0 Å².